The first-order chi connectivity index (χ1) is 6.55. The maximum absolute atomic E-state index is 11.2. The second-order valence-electron chi connectivity index (χ2n) is 3.26. The molecule has 1 saturated carbocycles. The largest absolute Gasteiger partial charge is 0.456 e. The summed E-state index contributed by atoms with van der Waals surface area (Å²) in [7, 11) is 0. The second-order valence-corrected chi connectivity index (χ2v) is 3.26. The van der Waals surface area contributed by atoms with Gasteiger partial charge >= 0.3 is 5.97 Å². The molecule has 0 aromatic carbocycles. The lowest BCUT2D eigenvalue weighted by Gasteiger charge is -2.26. The molecule has 0 aromatic rings. The molecule has 2 bridgehead atoms. The molecule has 8 nitrogen and oxygen atoms in total. The number of ether oxygens (including phenoxy) is 1. The molecule has 76 valence electrons. The van der Waals surface area contributed by atoms with Crippen LogP contribution in [0.3, 0.4) is 0 Å². The standard InChI is InChI=1S/C6H7N3O5/c7-9-8-6-3(11)1(10)2(4(6)12)14-5(6)13/h1-4,10-12H/t1-,2+,3-,4+,6+/m0/s1. The summed E-state index contributed by atoms with van der Waals surface area (Å²) in [6, 6.07) is 0. The first-order valence-electron chi connectivity index (χ1n) is 3.87. The maximum Gasteiger partial charge on any atom is 0.324 e. The number of aliphatic hydroxyl groups is 3. The van der Waals surface area contributed by atoms with Crippen molar-refractivity contribution in [1.29, 1.82) is 0 Å². The molecule has 0 spiro atoms. The summed E-state index contributed by atoms with van der Waals surface area (Å²) >= 11 is 0. The number of esters is 1. The van der Waals surface area contributed by atoms with Crippen LogP contribution in [-0.2, 0) is 9.53 Å². The fourth-order valence-corrected chi connectivity index (χ4v) is 1.88. The van der Waals surface area contributed by atoms with Crippen molar-refractivity contribution >= 4 is 5.97 Å². The van der Waals surface area contributed by atoms with Crippen LogP contribution in [0.2, 0.25) is 0 Å². The van der Waals surface area contributed by atoms with Crippen LogP contribution in [0, 0.1) is 0 Å². The van der Waals surface area contributed by atoms with Crippen LogP contribution >= 0.6 is 0 Å². The third kappa shape index (κ3) is 0.740. The van der Waals surface area contributed by atoms with Crippen molar-refractivity contribution in [3.8, 4) is 0 Å². The van der Waals surface area contributed by atoms with Gasteiger partial charge in [0.05, 0.1) is 0 Å². The van der Waals surface area contributed by atoms with Crippen molar-refractivity contribution in [3.63, 3.8) is 0 Å². The van der Waals surface area contributed by atoms with Gasteiger partial charge in [-0.2, -0.15) is 0 Å². The monoisotopic (exact) mass is 201 g/mol. The number of azide groups is 1. The Hall–Kier alpha value is -1.34. The van der Waals surface area contributed by atoms with Crippen molar-refractivity contribution < 1.29 is 24.9 Å². The molecule has 0 unspecified atom stereocenters. The first-order valence-corrected chi connectivity index (χ1v) is 3.87. The Kier molecular flexibility index (Phi) is 1.70. The highest BCUT2D eigenvalue weighted by Gasteiger charge is 2.71. The number of carbonyl (C=O) groups is 1. The van der Waals surface area contributed by atoms with Gasteiger partial charge in [0, 0.05) is 4.91 Å². The van der Waals surface area contributed by atoms with E-state index in [0.717, 1.165) is 0 Å². The summed E-state index contributed by atoms with van der Waals surface area (Å²) in [4.78, 5) is 13.6. The molecular weight excluding hydrogens is 194 g/mol. The number of hydrogen-bond donors (Lipinski definition) is 3. The second kappa shape index (κ2) is 2.58. The fourth-order valence-electron chi connectivity index (χ4n) is 1.88. The molecule has 14 heavy (non-hydrogen) atoms. The van der Waals surface area contributed by atoms with E-state index in [-0.39, 0.29) is 0 Å². The summed E-state index contributed by atoms with van der Waals surface area (Å²) in [5.74, 6) is -1.01. The van der Waals surface area contributed by atoms with E-state index >= 15 is 0 Å². The van der Waals surface area contributed by atoms with Gasteiger partial charge in [-0.1, -0.05) is 5.11 Å². The van der Waals surface area contributed by atoms with E-state index in [0.29, 0.717) is 0 Å². The maximum atomic E-state index is 11.2. The van der Waals surface area contributed by atoms with Crippen molar-refractivity contribution in [2.75, 3.05) is 0 Å². The van der Waals surface area contributed by atoms with Crippen LogP contribution in [0.1, 0.15) is 0 Å². The average molecular weight is 201 g/mol. The summed E-state index contributed by atoms with van der Waals surface area (Å²) in [6.45, 7) is 0. The smallest absolute Gasteiger partial charge is 0.324 e. The van der Waals surface area contributed by atoms with E-state index in [9.17, 15) is 20.1 Å². The predicted octanol–water partition coefficient (Wildman–Crippen LogP) is -1.94. The zero-order valence-corrected chi connectivity index (χ0v) is 6.81. The van der Waals surface area contributed by atoms with E-state index in [1.807, 2.05) is 0 Å². The van der Waals surface area contributed by atoms with Crippen LogP contribution in [-0.4, -0.2) is 51.2 Å². The summed E-state index contributed by atoms with van der Waals surface area (Å²) in [5, 5.41) is 31.3. The molecule has 1 heterocycles. The summed E-state index contributed by atoms with van der Waals surface area (Å²) in [6.07, 6.45) is -5.77. The van der Waals surface area contributed by atoms with Crippen LogP contribution in [0.4, 0.5) is 0 Å². The molecule has 0 aromatic heterocycles. The van der Waals surface area contributed by atoms with Gasteiger partial charge in [-0.05, 0) is 5.53 Å². The Balaban J connectivity index is 2.53. The topological polar surface area (TPSA) is 136 Å². The lowest BCUT2D eigenvalue weighted by Crippen LogP contribution is -2.52. The van der Waals surface area contributed by atoms with Gasteiger partial charge in [0.25, 0.3) is 0 Å². The quantitative estimate of drug-likeness (QED) is 0.196. The van der Waals surface area contributed by atoms with E-state index < -0.39 is 35.9 Å². The van der Waals surface area contributed by atoms with E-state index in [2.05, 4.69) is 14.8 Å². The third-order valence-corrected chi connectivity index (χ3v) is 2.65. The normalized spacial score (nSPS) is 50.1. The molecule has 5 atom stereocenters. The van der Waals surface area contributed by atoms with Crippen LogP contribution in [0.15, 0.2) is 5.11 Å². The SMILES string of the molecule is [N-]=[N+]=N[C@]12C(=O)O[C@H]([C@H](O)[C@@H]1O)[C@H]2O. The van der Waals surface area contributed by atoms with E-state index in [1.54, 1.807) is 0 Å². The molecule has 2 aliphatic rings. The molecule has 0 amide bonds. The van der Waals surface area contributed by atoms with Gasteiger partial charge in [0.1, 0.15) is 18.3 Å². The lowest BCUT2D eigenvalue weighted by atomic mass is 9.95. The Labute approximate surface area is 77.3 Å². The van der Waals surface area contributed by atoms with Gasteiger partial charge in [-0.15, -0.1) is 0 Å². The molecule has 1 aliphatic carbocycles. The highest BCUT2D eigenvalue weighted by Crippen LogP contribution is 2.43. The Morgan fingerprint density at radius 1 is 1.43 bits per heavy atom. The molecule has 2 fully saturated rings. The number of rotatable bonds is 1. The molecule has 8 heteroatoms. The minimum Gasteiger partial charge on any atom is -0.456 e. The average Bonchev–Trinajstić information content (AvgIpc) is 2.48. The van der Waals surface area contributed by atoms with E-state index in [1.165, 1.54) is 0 Å². The number of aliphatic hydroxyl groups excluding tert-OH is 3. The number of fused-ring (bicyclic) bond motifs is 2. The summed E-state index contributed by atoms with van der Waals surface area (Å²) < 4.78 is 4.55. The Bertz CT molecular complexity index is 334. The van der Waals surface area contributed by atoms with Crippen LogP contribution < -0.4 is 0 Å². The molecule has 1 saturated heterocycles. The Morgan fingerprint density at radius 2 is 2.07 bits per heavy atom. The third-order valence-electron chi connectivity index (χ3n) is 2.65. The van der Waals surface area contributed by atoms with Crippen LogP contribution in [0.25, 0.3) is 10.4 Å². The minimum atomic E-state index is -2.08. The van der Waals surface area contributed by atoms with Gasteiger partial charge in [-0.3, -0.25) is 4.79 Å². The minimum absolute atomic E-state index is 1.01. The van der Waals surface area contributed by atoms with Crippen LogP contribution in [0.5, 0.6) is 0 Å². The number of carbonyl (C=O) groups excluding carboxylic acids is 1. The van der Waals surface area contributed by atoms with Gasteiger partial charge < -0.3 is 20.1 Å². The number of nitrogens with zero attached hydrogens (tertiary/aromatic N) is 3. The Morgan fingerprint density at radius 3 is 2.57 bits per heavy atom. The van der Waals surface area contributed by atoms with Crippen molar-refractivity contribution in [3.05, 3.63) is 10.4 Å². The molecule has 3 N–H and O–H groups in total. The zero-order chi connectivity index (χ0) is 10.5. The predicted molar refractivity (Wildman–Crippen MR) is 39.8 cm³/mol. The fraction of sp³-hybridized carbons (Fsp3) is 0.833. The van der Waals surface area contributed by atoms with Gasteiger partial charge in [0.15, 0.2) is 6.10 Å². The highest BCUT2D eigenvalue weighted by atomic mass is 16.6. The summed E-state index contributed by atoms with van der Waals surface area (Å²) in [5.41, 5.74) is 6.14. The molecular formula is C6H7N3O5. The lowest BCUT2D eigenvalue weighted by molar-refractivity contribution is -0.167. The molecule has 2 rings (SSSR count). The van der Waals surface area contributed by atoms with Gasteiger partial charge in [0.2, 0.25) is 5.54 Å². The van der Waals surface area contributed by atoms with Crippen molar-refractivity contribution in [1.82, 2.24) is 0 Å². The number of hydrogen-bond acceptors (Lipinski definition) is 6. The van der Waals surface area contributed by atoms with Crippen molar-refractivity contribution in [2.45, 2.75) is 30.0 Å². The first kappa shape index (κ1) is 9.22. The van der Waals surface area contributed by atoms with Gasteiger partial charge in [-0.25, -0.2) is 0 Å². The molecule has 1 aliphatic heterocycles. The zero-order valence-electron chi connectivity index (χ0n) is 6.81. The highest BCUT2D eigenvalue weighted by molar-refractivity contribution is 5.87. The molecule has 0 radical (unpaired) electrons. The van der Waals surface area contributed by atoms with Crippen molar-refractivity contribution in [2.24, 2.45) is 5.11 Å². The van der Waals surface area contributed by atoms with E-state index in [4.69, 9.17) is 5.53 Å².